The highest BCUT2D eigenvalue weighted by Gasteiger charge is 2.33. The topological polar surface area (TPSA) is 66.5 Å². The van der Waals surface area contributed by atoms with Crippen LogP contribution in [0.25, 0.3) is 0 Å². The van der Waals surface area contributed by atoms with Gasteiger partial charge in [-0.25, -0.2) is 8.42 Å². The molecule has 0 spiro atoms. The maximum Gasteiger partial charge on any atom is 0.243 e. The number of hydrogen-bond acceptors (Lipinski definition) is 4. The number of halogens is 1. The van der Waals surface area contributed by atoms with Crippen LogP contribution < -0.4 is 5.32 Å². The third-order valence-electron chi connectivity index (χ3n) is 5.53. The van der Waals surface area contributed by atoms with Gasteiger partial charge in [-0.1, -0.05) is 29.8 Å². The summed E-state index contributed by atoms with van der Waals surface area (Å²) in [6.07, 6.45) is 1.93. The monoisotopic (exact) mass is 450 g/mol. The van der Waals surface area contributed by atoms with Crippen molar-refractivity contribution in [3.8, 4) is 0 Å². The second kappa shape index (κ2) is 8.68. The van der Waals surface area contributed by atoms with Crippen LogP contribution in [-0.4, -0.2) is 37.5 Å². The van der Waals surface area contributed by atoms with Crippen LogP contribution in [0, 0.1) is 5.92 Å². The third-order valence-corrected chi connectivity index (χ3v) is 8.80. The van der Waals surface area contributed by atoms with Crippen molar-refractivity contribution in [3.05, 3.63) is 59.1 Å². The molecule has 8 heteroatoms. The molecule has 0 aromatic heterocycles. The maximum atomic E-state index is 12.9. The van der Waals surface area contributed by atoms with Gasteiger partial charge in [-0.3, -0.25) is 4.79 Å². The average Bonchev–Trinajstić information content (AvgIpc) is 2.75. The standard InChI is InChI=1S/C21H23ClN2O3S2/c22-16-6-7-20-18(14-16)19(10-13-28-20)23-21(25)15-8-11-24(12-9-15)29(26,27)17-4-2-1-3-5-17/h1-7,14-15,19H,8-13H2,(H,23,25)/t19-/m1/s1. The van der Waals surface area contributed by atoms with E-state index in [0.717, 1.165) is 22.6 Å². The molecule has 2 aromatic rings. The van der Waals surface area contributed by atoms with E-state index in [9.17, 15) is 13.2 Å². The number of hydrogen-bond donors (Lipinski definition) is 1. The van der Waals surface area contributed by atoms with Crippen molar-refractivity contribution in [1.82, 2.24) is 9.62 Å². The molecule has 2 heterocycles. The molecule has 0 aliphatic carbocycles. The van der Waals surface area contributed by atoms with Crippen LogP contribution >= 0.6 is 23.4 Å². The van der Waals surface area contributed by atoms with Crippen molar-refractivity contribution >= 4 is 39.3 Å². The largest absolute Gasteiger partial charge is 0.349 e. The summed E-state index contributed by atoms with van der Waals surface area (Å²) in [5.74, 6) is 0.784. The molecular weight excluding hydrogens is 428 g/mol. The fraction of sp³-hybridized carbons (Fsp3) is 0.381. The highest BCUT2D eigenvalue weighted by atomic mass is 35.5. The summed E-state index contributed by atoms with van der Waals surface area (Å²) in [5, 5.41) is 3.85. The first-order chi connectivity index (χ1) is 13.9. The molecule has 2 aliphatic rings. The molecule has 0 radical (unpaired) electrons. The van der Waals surface area contributed by atoms with Crippen LogP contribution in [-0.2, 0) is 14.8 Å². The Morgan fingerprint density at radius 1 is 1.07 bits per heavy atom. The van der Waals surface area contributed by atoms with Gasteiger partial charge in [0.2, 0.25) is 15.9 Å². The normalized spacial score (nSPS) is 20.8. The lowest BCUT2D eigenvalue weighted by atomic mass is 9.95. The quantitative estimate of drug-likeness (QED) is 0.761. The summed E-state index contributed by atoms with van der Waals surface area (Å²) in [6.45, 7) is 0.719. The Bertz CT molecular complexity index is 990. The molecule has 29 heavy (non-hydrogen) atoms. The molecule has 1 N–H and O–H groups in total. The van der Waals surface area contributed by atoms with E-state index in [2.05, 4.69) is 5.32 Å². The lowest BCUT2D eigenvalue weighted by Gasteiger charge is -2.32. The highest BCUT2D eigenvalue weighted by molar-refractivity contribution is 7.99. The summed E-state index contributed by atoms with van der Waals surface area (Å²) in [5.41, 5.74) is 1.08. The van der Waals surface area contributed by atoms with Crippen molar-refractivity contribution in [3.63, 3.8) is 0 Å². The first kappa shape index (κ1) is 20.7. The van der Waals surface area contributed by atoms with Crippen molar-refractivity contribution in [2.24, 2.45) is 5.92 Å². The Balaban J connectivity index is 1.39. The summed E-state index contributed by atoms with van der Waals surface area (Å²) < 4.78 is 27.0. The van der Waals surface area contributed by atoms with Gasteiger partial charge in [0.25, 0.3) is 0 Å². The molecule has 1 saturated heterocycles. The second-order valence-corrected chi connectivity index (χ2v) is 10.9. The van der Waals surface area contributed by atoms with Crippen LogP contribution in [0.2, 0.25) is 5.02 Å². The van der Waals surface area contributed by atoms with Gasteiger partial charge in [-0.05, 0) is 55.2 Å². The Labute approximate surface area is 180 Å². The van der Waals surface area contributed by atoms with Crippen LogP contribution in [0.15, 0.2) is 58.3 Å². The van der Waals surface area contributed by atoms with Gasteiger partial charge in [0.15, 0.2) is 0 Å². The molecule has 5 nitrogen and oxygen atoms in total. The van der Waals surface area contributed by atoms with Gasteiger partial charge in [-0.15, -0.1) is 11.8 Å². The van der Waals surface area contributed by atoms with E-state index in [0.29, 0.717) is 35.8 Å². The lowest BCUT2D eigenvalue weighted by molar-refractivity contribution is -0.126. The van der Waals surface area contributed by atoms with Crippen molar-refractivity contribution in [2.75, 3.05) is 18.8 Å². The molecule has 2 aromatic carbocycles. The summed E-state index contributed by atoms with van der Waals surface area (Å²) >= 11 is 7.93. The SMILES string of the molecule is O=C(N[C@@H]1CCSc2ccc(Cl)cc21)C1CCN(S(=O)(=O)c2ccccc2)CC1. The zero-order valence-electron chi connectivity index (χ0n) is 15.9. The number of fused-ring (bicyclic) bond motifs is 1. The van der Waals surface area contributed by atoms with Crippen molar-refractivity contribution in [2.45, 2.75) is 35.1 Å². The number of sulfonamides is 1. The predicted molar refractivity (Wildman–Crippen MR) is 116 cm³/mol. The van der Waals surface area contributed by atoms with Gasteiger partial charge < -0.3 is 5.32 Å². The minimum atomic E-state index is -3.50. The zero-order valence-corrected chi connectivity index (χ0v) is 18.3. The Kier molecular flexibility index (Phi) is 6.20. The first-order valence-corrected chi connectivity index (χ1v) is 12.5. The number of nitrogens with zero attached hydrogens (tertiary/aromatic N) is 1. The van der Waals surface area contributed by atoms with E-state index in [-0.39, 0.29) is 17.9 Å². The van der Waals surface area contributed by atoms with E-state index in [4.69, 9.17) is 11.6 Å². The highest BCUT2D eigenvalue weighted by Crippen LogP contribution is 2.38. The molecule has 0 unspecified atom stereocenters. The molecule has 4 rings (SSSR count). The van der Waals surface area contributed by atoms with E-state index in [1.807, 2.05) is 18.2 Å². The number of rotatable bonds is 4. The van der Waals surface area contributed by atoms with Crippen molar-refractivity contribution < 1.29 is 13.2 Å². The Morgan fingerprint density at radius 3 is 2.52 bits per heavy atom. The van der Waals surface area contributed by atoms with Crippen LogP contribution in [0.3, 0.4) is 0 Å². The molecule has 0 saturated carbocycles. The molecule has 0 bridgehead atoms. The van der Waals surface area contributed by atoms with Gasteiger partial charge >= 0.3 is 0 Å². The van der Waals surface area contributed by atoms with Crippen LogP contribution in [0.1, 0.15) is 30.9 Å². The minimum absolute atomic E-state index is 0.00424. The number of benzene rings is 2. The fourth-order valence-corrected chi connectivity index (χ4v) is 6.68. The van der Waals surface area contributed by atoms with Crippen molar-refractivity contribution in [1.29, 1.82) is 0 Å². The minimum Gasteiger partial charge on any atom is -0.349 e. The predicted octanol–water partition coefficient (Wildman–Crippen LogP) is 4.09. The van der Waals surface area contributed by atoms with Crippen LogP contribution in [0.4, 0.5) is 0 Å². The molecule has 2 aliphatic heterocycles. The third kappa shape index (κ3) is 4.48. The van der Waals surface area contributed by atoms with Gasteiger partial charge in [0.05, 0.1) is 10.9 Å². The van der Waals surface area contributed by atoms with E-state index < -0.39 is 10.0 Å². The van der Waals surface area contributed by atoms with Gasteiger partial charge in [0.1, 0.15) is 0 Å². The smallest absolute Gasteiger partial charge is 0.243 e. The van der Waals surface area contributed by atoms with E-state index in [1.165, 1.54) is 4.31 Å². The second-order valence-electron chi connectivity index (χ2n) is 7.37. The summed E-state index contributed by atoms with van der Waals surface area (Å²) in [6, 6.07) is 14.2. The number of carbonyl (C=O) groups is 1. The first-order valence-electron chi connectivity index (χ1n) is 9.73. The molecule has 1 fully saturated rings. The molecule has 1 amide bonds. The number of carbonyl (C=O) groups excluding carboxylic acids is 1. The maximum absolute atomic E-state index is 12.9. The number of piperidine rings is 1. The Hall–Kier alpha value is -1.54. The molecular formula is C21H23ClN2O3S2. The average molecular weight is 451 g/mol. The number of amides is 1. The summed E-state index contributed by atoms with van der Waals surface area (Å²) in [4.78, 5) is 14.3. The Morgan fingerprint density at radius 2 is 1.79 bits per heavy atom. The lowest BCUT2D eigenvalue weighted by Crippen LogP contribution is -2.44. The molecule has 154 valence electrons. The van der Waals surface area contributed by atoms with E-state index in [1.54, 1.807) is 42.1 Å². The molecule has 1 atom stereocenters. The van der Waals surface area contributed by atoms with E-state index >= 15 is 0 Å². The fourth-order valence-electron chi connectivity index (χ4n) is 3.90. The zero-order chi connectivity index (χ0) is 20.4. The number of nitrogens with one attached hydrogen (secondary N) is 1. The van der Waals surface area contributed by atoms with Gasteiger partial charge in [0, 0.05) is 34.7 Å². The summed E-state index contributed by atoms with van der Waals surface area (Å²) in [7, 11) is -3.50. The van der Waals surface area contributed by atoms with Gasteiger partial charge in [-0.2, -0.15) is 4.31 Å². The number of thioether (sulfide) groups is 1. The van der Waals surface area contributed by atoms with Crippen LogP contribution in [0.5, 0.6) is 0 Å².